The zero-order valence-corrected chi connectivity index (χ0v) is 14.2. The van der Waals surface area contributed by atoms with Gasteiger partial charge < -0.3 is 15.0 Å². The Balaban J connectivity index is 1.52. The number of nitrogens with zero attached hydrogens (tertiary/aromatic N) is 1. The molecule has 1 aromatic rings. The highest BCUT2D eigenvalue weighted by atomic mass is 16.5. The minimum atomic E-state index is -0.0176. The van der Waals surface area contributed by atoms with E-state index in [9.17, 15) is 9.59 Å². The second-order valence-electron chi connectivity index (χ2n) is 6.79. The number of carbonyl (C=O) groups excluding carboxylic acids is 2. The molecule has 24 heavy (non-hydrogen) atoms. The molecule has 0 radical (unpaired) electrons. The van der Waals surface area contributed by atoms with Crippen LogP contribution in [0.5, 0.6) is 0 Å². The maximum atomic E-state index is 12.7. The summed E-state index contributed by atoms with van der Waals surface area (Å²) >= 11 is 0. The lowest BCUT2D eigenvalue weighted by Gasteiger charge is -2.39. The Hall–Kier alpha value is -1.88. The Kier molecular flexibility index (Phi) is 5.51. The predicted octanol–water partition coefficient (Wildman–Crippen LogP) is 2.28. The summed E-state index contributed by atoms with van der Waals surface area (Å²) in [6, 6.07) is 10.0. The molecule has 2 amide bonds. The van der Waals surface area contributed by atoms with Gasteiger partial charge in [-0.3, -0.25) is 9.59 Å². The van der Waals surface area contributed by atoms with E-state index in [2.05, 4.69) is 5.32 Å². The summed E-state index contributed by atoms with van der Waals surface area (Å²) in [5, 5.41) is 2.92. The van der Waals surface area contributed by atoms with Crippen LogP contribution in [0.25, 0.3) is 0 Å². The molecule has 0 spiro atoms. The van der Waals surface area contributed by atoms with Crippen molar-refractivity contribution in [3.8, 4) is 0 Å². The van der Waals surface area contributed by atoms with Crippen LogP contribution in [0, 0.1) is 5.92 Å². The normalized spacial score (nSPS) is 23.8. The second kappa shape index (κ2) is 7.79. The van der Waals surface area contributed by atoms with E-state index in [-0.39, 0.29) is 29.9 Å². The molecule has 1 N–H and O–H groups in total. The van der Waals surface area contributed by atoms with Gasteiger partial charge in [0.05, 0.1) is 18.8 Å². The van der Waals surface area contributed by atoms with Gasteiger partial charge >= 0.3 is 0 Å². The van der Waals surface area contributed by atoms with E-state index in [1.165, 1.54) is 0 Å². The Morgan fingerprint density at radius 3 is 2.71 bits per heavy atom. The molecule has 1 aliphatic carbocycles. The summed E-state index contributed by atoms with van der Waals surface area (Å²) in [5.74, 6) is 0.507. The van der Waals surface area contributed by atoms with E-state index in [0.717, 1.165) is 18.4 Å². The van der Waals surface area contributed by atoms with Crippen molar-refractivity contribution in [2.24, 2.45) is 5.92 Å². The highest BCUT2D eigenvalue weighted by molar-refractivity contribution is 5.81. The van der Waals surface area contributed by atoms with Crippen molar-refractivity contribution < 1.29 is 14.3 Å². The molecule has 2 aliphatic rings. The van der Waals surface area contributed by atoms with E-state index in [0.29, 0.717) is 32.5 Å². The van der Waals surface area contributed by atoms with Gasteiger partial charge in [0.2, 0.25) is 11.8 Å². The SMILES string of the molecule is C[C@@H]1CN(C(=O)CCCNC(=O)C2CC2)[C@H](c2ccccc2)CO1. The number of amides is 2. The lowest BCUT2D eigenvalue weighted by molar-refractivity contribution is -0.144. The maximum absolute atomic E-state index is 12.7. The lowest BCUT2D eigenvalue weighted by atomic mass is 10.0. The number of morpholine rings is 1. The van der Waals surface area contributed by atoms with Crippen LogP contribution in [-0.4, -0.2) is 42.5 Å². The van der Waals surface area contributed by atoms with E-state index in [4.69, 9.17) is 4.74 Å². The monoisotopic (exact) mass is 330 g/mol. The van der Waals surface area contributed by atoms with Crippen LogP contribution in [0.1, 0.15) is 44.2 Å². The standard InChI is InChI=1S/C19H26N2O3/c1-14-12-21(17(13-24-14)15-6-3-2-4-7-15)18(22)8-5-11-20-19(23)16-9-10-16/h2-4,6-7,14,16-17H,5,8-13H2,1H3,(H,20,23)/t14-,17+/m1/s1. The molecule has 2 fully saturated rings. The van der Waals surface area contributed by atoms with Gasteiger partial charge in [-0.05, 0) is 31.7 Å². The average Bonchev–Trinajstić information content (AvgIpc) is 3.44. The Morgan fingerprint density at radius 1 is 1.25 bits per heavy atom. The minimum absolute atomic E-state index is 0.0176. The van der Waals surface area contributed by atoms with Crippen molar-refractivity contribution in [2.75, 3.05) is 19.7 Å². The number of nitrogens with one attached hydrogen (secondary N) is 1. The third-order valence-corrected chi connectivity index (χ3v) is 4.69. The van der Waals surface area contributed by atoms with E-state index >= 15 is 0 Å². The molecule has 0 bridgehead atoms. The number of carbonyl (C=O) groups is 2. The number of ether oxygens (including phenoxy) is 1. The van der Waals surface area contributed by atoms with Crippen LogP contribution >= 0.6 is 0 Å². The van der Waals surface area contributed by atoms with Gasteiger partial charge in [0.25, 0.3) is 0 Å². The summed E-state index contributed by atoms with van der Waals surface area (Å²) in [7, 11) is 0. The Morgan fingerprint density at radius 2 is 2.00 bits per heavy atom. The molecule has 0 aromatic heterocycles. The first kappa shape index (κ1) is 17.0. The van der Waals surface area contributed by atoms with Crippen molar-refractivity contribution in [2.45, 2.75) is 44.8 Å². The molecular weight excluding hydrogens is 304 g/mol. The van der Waals surface area contributed by atoms with Crippen molar-refractivity contribution in [3.63, 3.8) is 0 Å². The Bertz CT molecular complexity index is 571. The van der Waals surface area contributed by atoms with Crippen LogP contribution in [0.4, 0.5) is 0 Å². The Labute approximate surface area is 143 Å². The van der Waals surface area contributed by atoms with Gasteiger partial charge in [-0.2, -0.15) is 0 Å². The van der Waals surface area contributed by atoms with Gasteiger partial charge in [0, 0.05) is 25.4 Å². The summed E-state index contributed by atoms with van der Waals surface area (Å²) < 4.78 is 5.76. The first-order valence-electron chi connectivity index (χ1n) is 8.89. The number of hydrogen-bond donors (Lipinski definition) is 1. The van der Waals surface area contributed by atoms with Gasteiger partial charge in [-0.1, -0.05) is 30.3 Å². The molecule has 5 heteroatoms. The molecule has 3 rings (SSSR count). The lowest BCUT2D eigenvalue weighted by Crippen LogP contribution is -2.46. The molecule has 5 nitrogen and oxygen atoms in total. The molecule has 1 saturated heterocycles. The molecule has 1 aliphatic heterocycles. The molecular formula is C19H26N2O3. The van der Waals surface area contributed by atoms with E-state index < -0.39 is 0 Å². The molecule has 1 aromatic carbocycles. The summed E-state index contributed by atoms with van der Waals surface area (Å²) in [6.45, 7) is 3.73. The fourth-order valence-corrected chi connectivity index (χ4v) is 3.11. The number of hydrogen-bond acceptors (Lipinski definition) is 3. The summed E-state index contributed by atoms with van der Waals surface area (Å²) in [4.78, 5) is 26.2. The number of rotatable bonds is 6. The highest BCUT2D eigenvalue weighted by Gasteiger charge is 2.31. The van der Waals surface area contributed by atoms with Crippen molar-refractivity contribution >= 4 is 11.8 Å². The average molecular weight is 330 g/mol. The fraction of sp³-hybridized carbons (Fsp3) is 0.579. The molecule has 2 atom stereocenters. The van der Waals surface area contributed by atoms with Gasteiger partial charge in [0.1, 0.15) is 0 Å². The third-order valence-electron chi connectivity index (χ3n) is 4.69. The topological polar surface area (TPSA) is 58.6 Å². The van der Waals surface area contributed by atoms with Crippen molar-refractivity contribution in [3.05, 3.63) is 35.9 Å². The van der Waals surface area contributed by atoms with Crippen LogP contribution in [0.15, 0.2) is 30.3 Å². The first-order chi connectivity index (χ1) is 11.6. The maximum Gasteiger partial charge on any atom is 0.223 e. The van der Waals surface area contributed by atoms with E-state index in [1.54, 1.807) is 0 Å². The predicted molar refractivity (Wildman–Crippen MR) is 91.3 cm³/mol. The fourth-order valence-electron chi connectivity index (χ4n) is 3.11. The summed E-state index contributed by atoms with van der Waals surface area (Å²) in [6.07, 6.45) is 3.22. The molecule has 0 unspecified atom stereocenters. The third kappa shape index (κ3) is 4.35. The zero-order chi connectivity index (χ0) is 16.9. The quantitative estimate of drug-likeness (QED) is 0.814. The van der Waals surface area contributed by atoms with Gasteiger partial charge in [0.15, 0.2) is 0 Å². The second-order valence-corrected chi connectivity index (χ2v) is 6.79. The van der Waals surface area contributed by atoms with Crippen LogP contribution in [-0.2, 0) is 14.3 Å². The minimum Gasteiger partial charge on any atom is -0.374 e. The first-order valence-corrected chi connectivity index (χ1v) is 8.89. The smallest absolute Gasteiger partial charge is 0.223 e. The molecule has 1 saturated carbocycles. The van der Waals surface area contributed by atoms with Crippen molar-refractivity contribution in [1.82, 2.24) is 10.2 Å². The number of benzene rings is 1. The highest BCUT2D eigenvalue weighted by Crippen LogP contribution is 2.29. The van der Waals surface area contributed by atoms with Gasteiger partial charge in [-0.25, -0.2) is 0 Å². The molecule has 130 valence electrons. The summed E-state index contributed by atoms with van der Waals surface area (Å²) in [5.41, 5.74) is 1.11. The molecule has 1 heterocycles. The van der Waals surface area contributed by atoms with Crippen molar-refractivity contribution in [1.29, 1.82) is 0 Å². The zero-order valence-electron chi connectivity index (χ0n) is 14.2. The van der Waals surface area contributed by atoms with Gasteiger partial charge in [-0.15, -0.1) is 0 Å². The van der Waals surface area contributed by atoms with E-state index in [1.807, 2.05) is 42.2 Å². The largest absolute Gasteiger partial charge is 0.374 e. The van der Waals surface area contributed by atoms with Crippen LogP contribution in [0.3, 0.4) is 0 Å². The van der Waals surface area contributed by atoms with Crippen LogP contribution < -0.4 is 5.32 Å². The van der Waals surface area contributed by atoms with Crippen LogP contribution in [0.2, 0.25) is 0 Å².